The predicted molar refractivity (Wildman–Crippen MR) is 79.6 cm³/mol. The second kappa shape index (κ2) is 5.24. The molecule has 112 valence electrons. The summed E-state index contributed by atoms with van der Waals surface area (Å²) in [5.41, 5.74) is 1.78. The highest BCUT2D eigenvalue weighted by Gasteiger charge is 2.22. The Morgan fingerprint density at radius 2 is 1.95 bits per heavy atom. The molecule has 1 aromatic heterocycles. The van der Waals surface area contributed by atoms with Crippen LogP contribution in [0.2, 0.25) is 0 Å². The van der Waals surface area contributed by atoms with Crippen LogP contribution < -0.4 is 0 Å². The van der Waals surface area contributed by atoms with E-state index in [4.69, 9.17) is 4.74 Å². The predicted octanol–water partition coefficient (Wildman–Crippen LogP) is 2.81. The van der Waals surface area contributed by atoms with Crippen LogP contribution in [0.15, 0.2) is 24.4 Å². The lowest BCUT2D eigenvalue weighted by Gasteiger charge is -2.22. The number of aromatic carboxylic acids is 1. The highest BCUT2D eigenvalue weighted by molar-refractivity contribution is 5.96. The first-order valence-corrected chi connectivity index (χ1v) is 6.67. The number of nitrogens with zero attached hydrogens (tertiary/aromatic N) is 1. The lowest BCUT2D eigenvalue weighted by molar-refractivity contribution is -0.141. The van der Waals surface area contributed by atoms with E-state index in [9.17, 15) is 14.7 Å². The molecule has 0 aliphatic carbocycles. The Morgan fingerprint density at radius 3 is 2.48 bits per heavy atom. The van der Waals surface area contributed by atoms with Gasteiger partial charge >= 0.3 is 11.9 Å². The fraction of sp³-hybridized carbons (Fsp3) is 0.375. The zero-order valence-electron chi connectivity index (χ0n) is 12.6. The molecular formula is C16H19NO4. The summed E-state index contributed by atoms with van der Waals surface area (Å²) in [6, 6.07) is 5.12. The van der Waals surface area contributed by atoms with Crippen molar-refractivity contribution in [3.63, 3.8) is 0 Å². The smallest absolute Gasteiger partial charge is 0.335 e. The molecule has 0 fully saturated rings. The van der Waals surface area contributed by atoms with Crippen molar-refractivity contribution in [1.82, 2.24) is 4.57 Å². The van der Waals surface area contributed by atoms with Gasteiger partial charge in [0.2, 0.25) is 0 Å². The zero-order chi connectivity index (χ0) is 15.8. The number of hydrogen-bond donors (Lipinski definition) is 1. The van der Waals surface area contributed by atoms with Crippen LogP contribution in [-0.2, 0) is 21.5 Å². The molecule has 5 heteroatoms. The maximum atomic E-state index is 11.5. The van der Waals surface area contributed by atoms with E-state index in [2.05, 4.69) is 0 Å². The number of hydrogen-bond acceptors (Lipinski definition) is 3. The minimum Gasteiger partial charge on any atom is -0.478 e. The second-order valence-electron chi connectivity index (χ2n) is 6.04. The fourth-order valence-electron chi connectivity index (χ4n) is 2.38. The molecule has 0 bridgehead atoms. The number of aromatic nitrogens is 1. The van der Waals surface area contributed by atoms with Crippen LogP contribution in [0.3, 0.4) is 0 Å². The van der Waals surface area contributed by atoms with E-state index in [1.807, 2.05) is 26.8 Å². The molecule has 0 aliphatic heterocycles. The van der Waals surface area contributed by atoms with Crippen LogP contribution >= 0.6 is 0 Å². The van der Waals surface area contributed by atoms with E-state index in [1.165, 1.54) is 7.11 Å². The molecule has 2 aromatic rings. The Bertz CT molecular complexity index is 707. The van der Waals surface area contributed by atoms with Crippen molar-refractivity contribution in [2.45, 2.75) is 32.7 Å². The Morgan fingerprint density at radius 1 is 1.29 bits per heavy atom. The van der Waals surface area contributed by atoms with Crippen molar-refractivity contribution in [3.05, 3.63) is 35.5 Å². The summed E-state index contributed by atoms with van der Waals surface area (Å²) in [6.07, 6.45) is 1.78. The van der Waals surface area contributed by atoms with Gasteiger partial charge in [-0.15, -0.1) is 0 Å². The van der Waals surface area contributed by atoms with Crippen LogP contribution in [0.25, 0.3) is 10.9 Å². The maximum Gasteiger partial charge on any atom is 0.335 e. The fourth-order valence-corrected chi connectivity index (χ4v) is 2.38. The van der Waals surface area contributed by atoms with Gasteiger partial charge in [0.05, 0.1) is 18.2 Å². The van der Waals surface area contributed by atoms with Crippen molar-refractivity contribution in [2.24, 2.45) is 0 Å². The van der Waals surface area contributed by atoms with Crippen LogP contribution in [0.1, 0.15) is 36.7 Å². The highest BCUT2D eigenvalue weighted by Crippen LogP contribution is 2.32. The van der Waals surface area contributed by atoms with Gasteiger partial charge in [-0.05, 0) is 29.2 Å². The third-order valence-corrected chi connectivity index (χ3v) is 3.44. The first-order valence-electron chi connectivity index (χ1n) is 6.67. The summed E-state index contributed by atoms with van der Waals surface area (Å²) >= 11 is 0. The number of carbonyl (C=O) groups is 2. The van der Waals surface area contributed by atoms with Gasteiger partial charge in [0, 0.05) is 11.6 Å². The van der Waals surface area contributed by atoms with Crippen LogP contribution in [0.5, 0.6) is 0 Å². The van der Waals surface area contributed by atoms with Gasteiger partial charge in [-0.1, -0.05) is 20.8 Å². The SMILES string of the molecule is COC(=O)Cn1ccc2cc(C(=O)O)cc(C(C)(C)C)c21. The molecule has 1 aromatic carbocycles. The lowest BCUT2D eigenvalue weighted by Crippen LogP contribution is -2.17. The first kappa shape index (κ1) is 15.1. The molecule has 0 saturated heterocycles. The standard InChI is InChI=1S/C16H19NO4/c1-16(2,3)12-8-11(15(19)20)7-10-5-6-17(14(10)12)9-13(18)21-4/h5-8H,9H2,1-4H3,(H,19,20). The molecule has 21 heavy (non-hydrogen) atoms. The highest BCUT2D eigenvalue weighted by atomic mass is 16.5. The Balaban J connectivity index is 2.71. The third-order valence-electron chi connectivity index (χ3n) is 3.44. The largest absolute Gasteiger partial charge is 0.478 e. The molecule has 0 saturated carbocycles. The van der Waals surface area contributed by atoms with Crippen LogP contribution in [0, 0.1) is 0 Å². The molecule has 0 aliphatic rings. The molecule has 1 N–H and O–H groups in total. The van der Waals surface area contributed by atoms with Gasteiger partial charge in [0.25, 0.3) is 0 Å². The maximum absolute atomic E-state index is 11.5. The van der Waals surface area contributed by atoms with E-state index in [-0.39, 0.29) is 23.5 Å². The number of fused-ring (bicyclic) bond motifs is 1. The molecule has 0 unspecified atom stereocenters. The molecule has 2 rings (SSSR count). The topological polar surface area (TPSA) is 68.5 Å². The summed E-state index contributed by atoms with van der Waals surface area (Å²) in [7, 11) is 1.35. The molecule has 1 heterocycles. The summed E-state index contributed by atoms with van der Waals surface area (Å²) in [5, 5.41) is 10.1. The molecule has 0 amide bonds. The van der Waals surface area contributed by atoms with Crippen molar-refractivity contribution in [3.8, 4) is 0 Å². The van der Waals surface area contributed by atoms with Crippen molar-refractivity contribution >= 4 is 22.8 Å². The van der Waals surface area contributed by atoms with Crippen molar-refractivity contribution in [2.75, 3.05) is 7.11 Å². The average Bonchev–Trinajstić information content (AvgIpc) is 2.79. The monoisotopic (exact) mass is 289 g/mol. The van der Waals surface area contributed by atoms with E-state index >= 15 is 0 Å². The van der Waals surface area contributed by atoms with Gasteiger partial charge in [0.15, 0.2) is 0 Å². The van der Waals surface area contributed by atoms with Crippen LogP contribution in [-0.4, -0.2) is 28.7 Å². The minimum atomic E-state index is -0.955. The zero-order valence-corrected chi connectivity index (χ0v) is 12.6. The van der Waals surface area contributed by atoms with Crippen LogP contribution in [0.4, 0.5) is 0 Å². The Hall–Kier alpha value is -2.30. The van der Waals surface area contributed by atoms with E-state index < -0.39 is 5.97 Å². The summed E-state index contributed by atoms with van der Waals surface area (Å²) in [5.74, 6) is -1.29. The minimum absolute atomic E-state index is 0.107. The normalized spacial score (nSPS) is 11.6. The lowest BCUT2D eigenvalue weighted by atomic mass is 9.84. The first-order chi connectivity index (χ1) is 9.74. The van der Waals surface area contributed by atoms with Crippen molar-refractivity contribution in [1.29, 1.82) is 0 Å². The van der Waals surface area contributed by atoms with Gasteiger partial charge in [-0.3, -0.25) is 4.79 Å². The molecular weight excluding hydrogens is 270 g/mol. The number of esters is 1. The van der Waals surface area contributed by atoms with Crippen molar-refractivity contribution < 1.29 is 19.4 Å². The second-order valence-corrected chi connectivity index (χ2v) is 6.04. The average molecular weight is 289 g/mol. The number of ether oxygens (including phenoxy) is 1. The van der Waals surface area contributed by atoms with E-state index in [1.54, 1.807) is 22.9 Å². The quantitative estimate of drug-likeness (QED) is 0.882. The Kier molecular flexibility index (Phi) is 3.77. The number of rotatable bonds is 3. The van der Waals surface area contributed by atoms with Gasteiger partial charge < -0.3 is 14.4 Å². The van der Waals surface area contributed by atoms with E-state index in [0.717, 1.165) is 16.5 Å². The number of benzene rings is 1. The number of carboxylic acid groups (broad SMARTS) is 1. The summed E-state index contributed by atoms with van der Waals surface area (Å²) in [6.45, 7) is 6.16. The van der Waals surface area contributed by atoms with E-state index in [0.29, 0.717) is 0 Å². The number of carbonyl (C=O) groups excluding carboxylic acids is 1. The third kappa shape index (κ3) is 2.91. The van der Waals surface area contributed by atoms with Gasteiger partial charge in [-0.2, -0.15) is 0 Å². The molecule has 5 nitrogen and oxygen atoms in total. The summed E-state index contributed by atoms with van der Waals surface area (Å²) < 4.78 is 6.50. The Labute approximate surface area is 123 Å². The number of carboxylic acids is 1. The van der Waals surface area contributed by atoms with Gasteiger partial charge in [-0.25, -0.2) is 4.79 Å². The van der Waals surface area contributed by atoms with Gasteiger partial charge in [0.1, 0.15) is 6.54 Å². The summed E-state index contributed by atoms with van der Waals surface area (Å²) in [4.78, 5) is 22.8. The molecule has 0 atom stereocenters. The number of methoxy groups -OCH3 is 1. The molecule has 0 spiro atoms. The molecule has 0 radical (unpaired) electrons.